The van der Waals surface area contributed by atoms with Crippen LogP contribution >= 0.6 is 0 Å². The summed E-state index contributed by atoms with van der Waals surface area (Å²) < 4.78 is 0. The molecule has 2 saturated heterocycles. The van der Waals surface area contributed by atoms with Gasteiger partial charge in [-0.3, -0.25) is 14.6 Å². The fraction of sp³-hybridized carbons (Fsp3) is 0.407. The predicted octanol–water partition coefficient (Wildman–Crippen LogP) is 2.99. The number of nitrogens with zero attached hydrogens (tertiary/aromatic N) is 4. The van der Waals surface area contributed by atoms with Gasteiger partial charge in [0.05, 0.1) is 0 Å². The van der Waals surface area contributed by atoms with Crippen LogP contribution in [0, 0.1) is 11.3 Å². The number of carbonyl (C=O) groups excluding carboxylic acids is 1. The molecule has 1 N–H and O–H groups in total. The number of amides is 1. The fourth-order valence-corrected chi connectivity index (χ4v) is 4.56. The Labute approximate surface area is 197 Å². The molecule has 2 aliphatic heterocycles. The number of rotatable bonds is 7. The zero-order chi connectivity index (χ0) is 22.9. The van der Waals surface area contributed by atoms with E-state index in [0.717, 1.165) is 52.1 Å². The number of carbonyl (C=O) groups is 1. The lowest BCUT2D eigenvalue weighted by atomic mass is 10.0. The molecule has 0 spiro atoms. The highest BCUT2D eigenvalue weighted by atomic mass is 16.2. The van der Waals surface area contributed by atoms with Gasteiger partial charge in [0.1, 0.15) is 11.6 Å². The molecular formula is C27H33N5O. The number of hydrogen-bond acceptors (Lipinski definition) is 5. The average molecular weight is 444 g/mol. The third-order valence-corrected chi connectivity index (χ3v) is 6.56. The van der Waals surface area contributed by atoms with E-state index in [1.165, 1.54) is 11.1 Å². The van der Waals surface area contributed by atoms with Gasteiger partial charge in [0, 0.05) is 64.6 Å². The molecule has 6 heteroatoms. The van der Waals surface area contributed by atoms with Crippen molar-refractivity contribution in [2.45, 2.75) is 32.0 Å². The molecule has 6 nitrogen and oxygen atoms in total. The number of nitrogens with one attached hydrogen (secondary N) is 1. The van der Waals surface area contributed by atoms with E-state index < -0.39 is 0 Å². The van der Waals surface area contributed by atoms with Gasteiger partial charge in [-0.25, -0.2) is 0 Å². The maximum atomic E-state index is 12.9. The summed E-state index contributed by atoms with van der Waals surface area (Å²) >= 11 is 0. The molecule has 1 amide bonds. The van der Waals surface area contributed by atoms with Crippen molar-refractivity contribution in [3.63, 3.8) is 0 Å². The first-order valence-electron chi connectivity index (χ1n) is 11.9. The zero-order valence-corrected chi connectivity index (χ0v) is 19.2. The van der Waals surface area contributed by atoms with Crippen LogP contribution < -0.4 is 5.32 Å². The largest absolute Gasteiger partial charge is 0.387 e. The fourth-order valence-electron chi connectivity index (χ4n) is 4.56. The molecule has 0 atom stereocenters. The summed E-state index contributed by atoms with van der Waals surface area (Å²) in [7, 11) is 0. The predicted molar refractivity (Wildman–Crippen MR) is 130 cm³/mol. The summed E-state index contributed by atoms with van der Waals surface area (Å²) in [4.78, 5) is 19.5. The van der Waals surface area contributed by atoms with Crippen LogP contribution in [0.15, 0.2) is 72.4 Å². The van der Waals surface area contributed by atoms with Crippen molar-refractivity contribution in [1.29, 1.82) is 5.26 Å². The Bertz CT molecular complexity index is 953. The van der Waals surface area contributed by atoms with Crippen LogP contribution in [-0.4, -0.2) is 65.9 Å². The van der Waals surface area contributed by atoms with Crippen molar-refractivity contribution in [2.75, 3.05) is 39.3 Å². The Morgan fingerprint density at radius 2 is 1.36 bits per heavy atom. The number of piperidine rings is 1. The van der Waals surface area contributed by atoms with Gasteiger partial charge in [0.2, 0.25) is 0 Å². The normalized spacial score (nSPS) is 18.6. The highest BCUT2D eigenvalue weighted by molar-refractivity contribution is 5.97. The van der Waals surface area contributed by atoms with Gasteiger partial charge in [-0.15, -0.1) is 0 Å². The Balaban J connectivity index is 1.21. The summed E-state index contributed by atoms with van der Waals surface area (Å²) in [6.07, 6.45) is 3.67. The zero-order valence-electron chi connectivity index (χ0n) is 19.2. The summed E-state index contributed by atoms with van der Waals surface area (Å²) in [5, 5.41) is 12.9. The Kier molecular flexibility index (Phi) is 8.13. The molecule has 2 heterocycles. The smallest absolute Gasteiger partial charge is 0.266 e. The van der Waals surface area contributed by atoms with E-state index in [0.29, 0.717) is 19.1 Å². The van der Waals surface area contributed by atoms with Gasteiger partial charge in [0.15, 0.2) is 0 Å². The molecule has 2 aromatic rings. The second-order valence-corrected chi connectivity index (χ2v) is 8.93. The molecular weight excluding hydrogens is 410 g/mol. The van der Waals surface area contributed by atoms with Gasteiger partial charge in [0.25, 0.3) is 5.91 Å². The molecule has 33 heavy (non-hydrogen) atoms. The Hall–Kier alpha value is -3.14. The molecule has 4 rings (SSSR count). The molecule has 0 saturated carbocycles. The molecule has 2 fully saturated rings. The van der Waals surface area contributed by atoms with Crippen LogP contribution in [-0.2, 0) is 17.9 Å². The minimum atomic E-state index is -0.161. The van der Waals surface area contributed by atoms with E-state index >= 15 is 0 Å². The van der Waals surface area contributed by atoms with Crippen LogP contribution in [0.25, 0.3) is 0 Å². The second kappa shape index (κ2) is 11.6. The molecule has 0 radical (unpaired) electrons. The van der Waals surface area contributed by atoms with E-state index in [1.54, 1.807) is 11.1 Å². The van der Waals surface area contributed by atoms with E-state index in [2.05, 4.69) is 69.7 Å². The average Bonchev–Trinajstić information content (AvgIpc) is 2.87. The topological polar surface area (TPSA) is 62.6 Å². The number of piperazine rings is 1. The van der Waals surface area contributed by atoms with Crippen molar-refractivity contribution in [1.82, 2.24) is 20.0 Å². The van der Waals surface area contributed by atoms with E-state index in [9.17, 15) is 10.1 Å². The monoisotopic (exact) mass is 443 g/mol. The first-order valence-corrected chi connectivity index (χ1v) is 11.9. The van der Waals surface area contributed by atoms with Gasteiger partial charge >= 0.3 is 0 Å². The minimum absolute atomic E-state index is 0.161. The Morgan fingerprint density at radius 3 is 1.88 bits per heavy atom. The summed E-state index contributed by atoms with van der Waals surface area (Å²) in [5.41, 5.74) is 2.83. The summed E-state index contributed by atoms with van der Waals surface area (Å²) in [5.74, 6) is -0.161. The van der Waals surface area contributed by atoms with Crippen LogP contribution in [0.4, 0.5) is 0 Å². The maximum absolute atomic E-state index is 12.9. The lowest BCUT2D eigenvalue weighted by Crippen LogP contribution is -2.48. The van der Waals surface area contributed by atoms with E-state index in [-0.39, 0.29) is 11.5 Å². The van der Waals surface area contributed by atoms with Gasteiger partial charge in [-0.1, -0.05) is 60.7 Å². The third kappa shape index (κ3) is 6.67. The summed E-state index contributed by atoms with van der Waals surface area (Å²) in [6, 6.07) is 23.4. The first kappa shape index (κ1) is 23.0. The number of hydrogen-bond donors (Lipinski definition) is 1. The number of benzene rings is 2. The molecule has 0 aliphatic carbocycles. The number of nitriles is 1. The molecule has 2 aliphatic rings. The van der Waals surface area contributed by atoms with Crippen molar-refractivity contribution in [2.24, 2.45) is 0 Å². The lowest BCUT2D eigenvalue weighted by molar-refractivity contribution is -0.128. The number of likely N-dealkylation sites (tertiary alicyclic amines) is 1. The van der Waals surface area contributed by atoms with Gasteiger partial charge < -0.3 is 10.2 Å². The first-order chi connectivity index (χ1) is 16.2. The van der Waals surface area contributed by atoms with E-state index in [4.69, 9.17) is 0 Å². The van der Waals surface area contributed by atoms with Crippen LogP contribution in [0.2, 0.25) is 0 Å². The molecule has 0 unspecified atom stereocenters. The molecule has 0 bridgehead atoms. The van der Waals surface area contributed by atoms with Gasteiger partial charge in [-0.05, 0) is 24.0 Å². The molecule has 0 aromatic heterocycles. The van der Waals surface area contributed by atoms with Crippen molar-refractivity contribution < 1.29 is 4.79 Å². The highest BCUT2D eigenvalue weighted by Gasteiger charge is 2.24. The van der Waals surface area contributed by atoms with Crippen molar-refractivity contribution in [3.8, 4) is 6.07 Å². The summed E-state index contributed by atoms with van der Waals surface area (Å²) in [6.45, 7) is 6.86. The van der Waals surface area contributed by atoms with Crippen LogP contribution in [0.3, 0.4) is 0 Å². The van der Waals surface area contributed by atoms with Crippen molar-refractivity contribution in [3.05, 3.63) is 83.6 Å². The molecule has 172 valence electrons. The minimum Gasteiger partial charge on any atom is -0.387 e. The lowest BCUT2D eigenvalue weighted by Gasteiger charge is -2.35. The van der Waals surface area contributed by atoms with Crippen LogP contribution in [0.1, 0.15) is 24.0 Å². The maximum Gasteiger partial charge on any atom is 0.266 e. The van der Waals surface area contributed by atoms with Crippen LogP contribution in [0.5, 0.6) is 0 Å². The quantitative estimate of drug-likeness (QED) is 0.527. The van der Waals surface area contributed by atoms with E-state index in [1.807, 2.05) is 12.1 Å². The second-order valence-electron chi connectivity index (χ2n) is 8.93. The SMILES string of the molecule is N#C/C(=C/NC1CCN(Cc2ccccc2)CC1)C(=O)N1CCN(Cc2ccccc2)CC1. The highest BCUT2D eigenvalue weighted by Crippen LogP contribution is 2.15. The standard InChI is InChI=1S/C27H33N5O/c28-19-25(20-29-26-11-13-30(14-12-26)21-23-7-3-1-4-8-23)27(33)32-17-15-31(16-18-32)22-24-9-5-2-6-10-24/h1-10,20,26,29H,11-18,21-22H2/b25-20-. The third-order valence-electron chi connectivity index (χ3n) is 6.56. The van der Waals surface area contributed by atoms with Crippen molar-refractivity contribution >= 4 is 5.91 Å². The Morgan fingerprint density at radius 1 is 0.848 bits per heavy atom. The van der Waals surface area contributed by atoms with Gasteiger partial charge in [-0.2, -0.15) is 5.26 Å². The molecule has 2 aromatic carbocycles.